The second-order valence-electron chi connectivity index (χ2n) is 5.13. The first-order valence-electron chi connectivity index (χ1n) is 6.51. The van der Waals surface area contributed by atoms with Crippen molar-refractivity contribution < 1.29 is 4.79 Å². The molecule has 1 aliphatic heterocycles. The lowest BCUT2D eigenvalue weighted by Gasteiger charge is -2.22. The van der Waals surface area contributed by atoms with Crippen molar-refractivity contribution in [3.8, 4) is 0 Å². The van der Waals surface area contributed by atoms with E-state index in [9.17, 15) is 4.79 Å². The summed E-state index contributed by atoms with van der Waals surface area (Å²) in [6.45, 7) is 2.85. The third-order valence-electron chi connectivity index (χ3n) is 3.46. The summed E-state index contributed by atoms with van der Waals surface area (Å²) in [6, 6.07) is 8.20. The van der Waals surface area contributed by atoms with Crippen LogP contribution in [0.5, 0.6) is 0 Å². The molecule has 0 bridgehead atoms. The third-order valence-corrected chi connectivity index (χ3v) is 4.23. The number of rotatable bonds is 4. The largest absolute Gasteiger partial charge is 0.340 e. The molecule has 112 valence electrons. The minimum Gasteiger partial charge on any atom is -0.340 e. The molecule has 1 atom stereocenters. The average Bonchev–Trinajstić information content (AvgIpc) is 2.77. The van der Waals surface area contributed by atoms with Gasteiger partial charge in [0.1, 0.15) is 0 Å². The highest BCUT2D eigenvalue weighted by molar-refractivity contribution is 9.10. The van der Waals surface area contributed by atoms with E-state index in [1.807, 2.05) is 31.3 Å². The summed E-state index contributed by atoms with van der Waals surface area (Å²) in [4.78, 5) is 16.0. The summed E-state index contributed by atoms with van der Waals surface area (Å²) in [5, 5.41) is 0. The highest BCUT2D eigenvalue weighted by Crippen LogP contribution is 2.17. The SMILES string of the molecule is CN(Cc1ccccc1Br)C(=O)CN1CC[C@@H](N)C1.Cl. The molecule has 1 amide bonds. The standard InChI is InChI=1S/C14H20BrN3O.ClH/c1-17(8-11-4-2-3-5-13(11)15)14(19)10-18-7-6-12(16)9-18;/h2-5,12H,6-10,16H2,1H3;1H/t12-;/m1./s1. The normalized spacial score (nSPS) is 18.6. The van der Waals surface area contributed by atoms with Gasteiger partial charge in [-0.3, -0.25) is 9.69 Å². The molecule has 0 radical (unpaired) electrons. The van der Waals surface area contributed by atoms with Crippen LogP contribution in [0.2, 0.25) is 0 Å². The van der Waals surface area contributed by atoms with Crippen LogP contribution in [-0.4, -0.2) is 48.4 Å². The number of halogens is 2. The Morgan fingerprint density at radius 2 is 2.20 bits per heavy atom. The molecular weight excluding hydrogens is 342 g/mol. The Kier molecular flexibility index (Phi) is 6.95. The van der Waals surface area contributed by atoms with Crippen LogP contribution < -0.4 is 5.73 Å². The smallest absolute Gasteiger partial charge is 0.236 e. The highest BCUT2D eigenvalue weighted by Gasteiger charge is 2.22. The second kappa shape index (κ2) is 7.98. The molecule has 1 aromatic rings. The fourth-order valence-electron chi connectivity index (χ4n) is 2.29. The number of carbonyl (C=O) groups is 1. The van der Waals surface area contributed by atoms with Gasteiger partial charge in [0.2, 0.25) is 5.91 Å². The number of nitrogens with two attached hydrogens (primary N) is 1. The van der Waals surface area contributed by atoms with Crippen molar-refractivity contribution in [2.75, 3.05) is 26.7 Å². The number of amides is 1. The molecule has 2 N–H and O–H groups in total. The summed E-state index contributed by atoms with van der Waals surface area (Å²) >= 11 is 3.51. The maximum absolute atomic E-state index is 12.1. The first kappa shape index (κ1) is 17.4. The van der Waals surface area contributed by atoms with Crippen LogP contribution in [0, 0.1) is 0 Å². The summed E-state index contributed by atoms with van der Waals surface area (Å²) in [5.74, 6) is 0.143. The maximum atomic E-state index is 12.1. The van der Waals surface area contributed by atoms with E-state index in [0.717, 1.165) is 29.5 Å². The van der Waals surface area contributed by atoms with Crippen molar-refractivity contribution in [3.63, 3.8) is 0 Å². The van der Waals surface area contributed by atoms with Crippen molar-refractivity contribution in [1.29, 1.82) is 0 Å². The Morgan fingerprint density at radius 1 is 1.50 bits per heavy atom. The van der Waals surface area contributed by atoms with Gasteiger partial charge in [-0.2, -0.15) is 0 Å². The van der Waals surface area contributed by atoms with E-state index in [1.165, 1.54) is 0 Å². The molecule has 4 nitrogen and oxygen atoms in total. The average molecular weight is 363 g/mol. The fraction of sp³-hybridized carbons (Fsp3) is 0.500. The zero-order valence-electron chi connectivity index (χ0n) is 11.6. The van der Waals surface area contributed by atoms with E-state index in [0.29, 0.717) is 13.1 Å². The van der Waals surface area contributed by atoms with E-state index in [2.05, 4.69) is 20.8 Å². The zero-order valence-corrected chi connectivity index (χ0v) is 14.0. The maximum Gasteiger partial charge on any atom is 0.236 e. The van der Waals surface area contributed by atoms with Crippen LogP contribution in [0.4, 0.5) is 0 Å². The number of likely N-dealkylation sites (tertiary alicyclic amines) is 1. The second-order valence-corrected chi connectivity index (χ2v) is 5.98. The van der Waals surface area contributed by atoms with Gasteiger partial charge < -0.3 is 10.6 Å². The van der Waals surface area contributed by atoms with Gasteiger partial charge in [-0.25, -0.2) is 0 Å². The number of hydrogen-bond donors (Lipinski definition) is 1. The Balaban J connectivity index is 0.00000200. The monoisotopic (exact) mass is 361 g/mol. The summed E-state index contributed by atoms with van der Waals surface area (Å²) in [6.07, 6.45) is 0.987. The van der Waals surface area contributed by atoms with Crippen LogP contribution in [-0.2, 0) is 11.3 Å². The minimum atomic E-state index is 0. The lowest BCUT2D eigenvalue weighted by Crippen LogP contribution is -2.38. The van der Waals surface area contributed by atoms with Crippen LogP contribution in [0.1, 0.15) is 12.0 Å². The lowest BCUT2D eigenvalue weighted by atomic mass is 10.2. The summed E-state index contributed by atoms with van der Waals surface area (Å²) in [7, 11) is 1.85. The van der Waals surface area contributed by atoms with Crippen molar-refractivity contribution in [3.05, 3.63) is 34.3 Å². The Morgan fingerprint density at radius 3 is 2.80 bits per heavy atom. The molecule has 1 fully saturated rings. The molecule has 0 aromatic heterocycles. The molecule has 1 saturated heterocycles. The van der Waals surface area contributed by atoms with Crippen molar-refractivity contribution in [2.24, 2.45) is 5.73 Å². The molecule has 6 heteroatoms. The predicted octanol–water partition coefficient (Wildman–Crippen LogP) is 1.86. The van der Waals surface area contributed by atoms with Gasteiger partial charge in [0.25, 0.3) is 0 Å². The van der Waals surface area contributed by atoms with Gasteiger partial charge in [0, 0.05) is 37.2 Å². The first-order valence-corrected chi connectivity index (χ1v) is 7.31. The molecule has 20 heavy (non-hydrogen) atoms. The first-order chi connectivity index (χ1) is 9.06. The van der Waals surface area contributed by atoms with Gasteiger partial charge >= 0.3 is 0 Å². The number of carbonyl (C=O) groups excluding carboxylic acids is 1. The summed E-state index contributed by atoms with van der Waals surface area (Å²) < 4.78 is 1.04. The number of likely N-dealkylation sites (N-methyl/N-ethyl adjacent to an activating group) is 1. The third kappa shape index (κ3) is 4.74. The van der Waals surface area contributed by atoms with Crippen molar-refractivity contribution in [1.82, 2.24) is 9.80 Å². The molecule has 0 aliphatic carbocycles. The summed E-state index contributed by atoms with van der Waals surface area (Å²) in [5.41, 5.74) is 6.97. The van der Waals surface area contributed by atoms with Gasteiger partial charge in [-0.15, -0.1) is 12.4 Å². The van der Waals surface area contributed by atoms with Crippen LogP contribution in [0.25, 0.3) is 0 Å². The predicted molar refractivity (Wildman–Crippen MR) is 86.9 cm³/mol. The minimum absolute atomic E-state index is 0. The molecule has 1 aromatic carbocycles. The molecule has 1 aliphatic rings. The number of nitrogens with zero attached hydrogens (tertiary/aromatic N) is 2. The van der Waals surface area contributed by atoms with Crippen LogP contribution in [0.3, 0.4) is 0 Å². The molecule has 2 rings (SSSR count). The zero-order chi connectivity index (χ0) is 13.8. The van der Waals surface area contributed by atoms with Crippen molar-refractivity contribution in [2.45, 2.75) is 19.0 Å². The van der Waals surface area contributed by atoms with Gasteiger partial charge in [0.05, 0.1) is 6.54 Å². The van der Waals surface area contributed by atoms with E-state index in [1.54, 1.807) is 4.90 Å². The Bertz CT molecular complexity index is 458. The molecule has 0 spiro atoms. The van der Waals surface area contributed by atoms with Crippen molar-refractivity contribution >= 4 is 34.2 Å². The van der Waals surface area contributed by atoms with Gasteiger partial charge in [-0.05, 0) is 18.1 Å². The van der Waals surface area contributed by atoms with Gasteiger partial charge in [-0.1, -0.05) is 34.1 Å². The quantitative estimate of drug-likeness (QED) is 0.889. The van der Waals surface area contributed by atoms with E-state index < -0.39 is 0 Å². The number of benzene rings is 1. The number of hydrogen-bond acceptors (Lipinski definition) is 3. The highest BCUT2D eigenvalue weighted by atomic mass is 79.9. The Hall–Kier alpha value is -0.620. The lowest BCUT2D eigenvalue weighted by molar-refractivity contribution is -0.131. The van der Waals surface area contributed by atoms with E-state index in [-0.39, 0.29) is 24.4 Å². The van der Waals surface area contributed by atoms with E-state index >= 15 is 0 Å². The van der Waals surface area contributed by atoms with E-state index in [4.69, 9.17) is 5.73 Å². The fourth-order valence-corrected chi connectivity index (χ4v) is 2.70. The molecule has 0 unspecified atom stereocenters. The van der Waals surface area contributed by atoms with Crippen LogP contribution in [0.15, 0.2) is 28.7 Å². The molecule has 0 saturated carbocycles. The Labute approximate surface area is 134 Å². The topological polar surface area (TPSA) is 49.6 Å². The van der Waals surface area contributed by atoms with Gasteiger partial charge in [0.15, 0.2) is 0 Å². The molecular formula is C14H21BrClN3O. The van der Waals surface area contributed by atoms with Crippen LogP contribution >= 0.6 is 28.3 Å². The molecule has 1 heterocycles.